The minimum atomic E-state index is -0.859. The third kappa shape index (κ3) is 5.50. The number of amides is 1. The number of aromatic nitrogens is 1. The van der Waals surface area contributed by atoms with Crippen molar-refractivity contribution in [2.45, 2.75) is 6.54 Å². The molecule has 0 aliphatic carbocycles. The fourth-order valence-corrected chi connectivity index (χ4v) is 5.45. The van der Waals surface area contributed by atoms with Crippen LogP contribution in [0.5, 0.6) is 28.7 Å². The van der Waals surface area contributed by atoms with Crippen LogP contribution in [0.1, 0.15) is 11.1 Å². The van der Waals surface area contributed by atoms with Gasteiger partial charge in [0.05, 0.1) is 38.1 Å². The first-order valence-corrected chi connectivity index (χ1v) is 13.3. The van der Waals surface area contributed by atoms with Crippen LogP contribution < -0.4 is 43.8 Å². The van der Waals surface area contributed by atoms with Gasteiger partial charge in [-0.15, -0.1) is 11.3 Å². The molecule has 0 spiro atoms. The van der Waals surface area contributed by atoms with Gasteiger partial charge < -0.3 is 29.0 Å². The molecule has 0 atom stereocenters. The van der Waals surface area contributed by atoms with Crippen molar-refractivity contribution >= 4 is 34.6 Å². The number of nitrogens with one attached hydrogen (secondary N) is 1. The largest absolute Gasteiger partial charge is 0.493 e. The summed E-state index contributed by atoms with van der Waals surface area (Å²) in [5, 5.41) is 12.5. The van der Waals surface area contributed by atoms with E-state index in [1.54, 1.807) is 42.5 Å². The summed E-state index contributed by atoms with van der Waals surface area (Å²) in [5.74, 6) is 0.716. The molecule has 0 unspecified atom stereocenters. The number of carbonyl (C=O) groups is 1. The third-order valence-electron chi connectivity index (χ3n) is 6.34. The van der Waals surface area contributed by atoms with Gasteiger partial charge in [0.15, 0.2) is 28.6 Å². The topological polar surface area (TPSA) is 121 Å². The number of hydrogen-bond donors (Lipinski definition) is 1. The average molecular weight is 590 g/mol. The second-order valence-electron chi connectivity index (χ2n) is 8.87. The van der Waals surface area contributed by atoms with Crippen molar-refractivity contribution in [3.8, 4) is 34.8 Å². The molecule has 1 aliphatic rings. The highest BCUT2D eigenvalue weighted by molar-refractivity contribution is 7.07. The zero-order chi connectivity index (χ0) is 29.8. The Kier molecular flexibility index (Phi) is 8.12. The van der Waals surface area contributed by atoms with E-state index in [2.05, 4.69) is 5.32 Å². The Morgan fingerprint density at radius 2 is 1.79 bits per heavy atom. The molecule has 4 aromatic rings. The number of methoxy groups -OCH3 is 3. The highest BCUT2D eigenvalue weighted by Gasteiger charge is 2.20. The molecule has 0 fully saturated rings. The first-order chi connectivity index (χ1) is 20.4. The Morgan fingerprint density at radius 3 is 2.45 bits per heavy atom. The molecule has 1 aliphatic heterocycles. The number of halogens is 1. The first-order valence-electron chi connectivity index (χ1n) is 12.5. The third-order valence-corrected chi connectivity index (χ3v) is 7.48. The van der Waals surface area contributed by atoms with Crippen molar-refractivity contribution < 1.29 is 32.9 Å². The molecule has 214 valence electrons. The molecule has 0 radical (unpaired) electrons. The number of fused-ring (bicyclic) bond motifs is 1. The van der Waals surface area contributed by atoms with E-state index in [1.807, 2.05) is 6.07 Å². The van der Waals surface area contributed by atoms with Gasteiger partial charge in [0.2, 0.25) is 12.5 Å². The Bertz CT molecular complexity index is 1880. The Hall–Kier alpha value is -5.28. The summed E-state index contributed by atoms with van der Waals surface area (Å²) in [4.78, 5) is 27.0. The molecular formula is C30H24FN3O7S. The number of rotatable bonds is 8. The average Bonchev–Trinajstić information content (AvgIpc) is 3.58. The predicted molar refractivity (Wildman–Crippen MR) is 153 cm³/mol. The zero-order valence-electron chi connectivity index (χ0n) is 22.7. The number of nitriles is 1. The van der Waals surface area contributed by atoms with E-state index in [-0.39, 0.29) is 33.8 Å². The van der Waals surface area contributed by atoms with Gasteiger partial charge in [0.1, 0.15) is 16.5 Å². The molecule has 0 saturated heterocycles. The smallest absolute Gasteiger partial charge is 0.269 e. The van der Waals surface area contributed by atoms with Crippen molar-refractivity contribution in [1.29, 1.82) is 5.26 Å². The van der Waals surface area contributed by atoms with E-state index in [0.717, 1.165) is 11.3 Å². The van der Waals surface area contributed by atoms with E-state index < -0.39 is 17.3 Å². The number of benzene rings is 3. The van der Waals surface area contributed by atoms with Crippen molar-refractivity contribution in [2.24, 2.45) is 0 Å². The normalized spacial score (nSPS) is 12.9. The lowest BCUT2D eigenvalue weighted by molar-refractivity contribution is -0.111. The summed E-state index contributed by atoms with van der Waals surface area (Å²) in [5.41, 5.74) is 0.324. The molecule has 10 nitrogen and oxygen atoms in total. The molecule has 0 saturated carbocycles. The van der Waals surface area contributed by atoms with Crippen molar-refractivity contribution in [1.82, 2.24) is 4.57 Å². The molecule has 1 N–H and O–H groups in total. The lowest BCUT2D eigenvalue weighted by atomic mass is 10.1. The highest BCUT2D eigenvalue weighted by atomic mass is 32.1. The quantitative estimate of drug-likeness (QED) is 0.333. The molecular weight excluding hydrogens is 565 g/mol. The van der Waals surface area contributed by atoms with E-state index in [1.165, 1.54) is 44.1 Å². The van der Waals surface area contributed by atoms with Gasteiger partial charge in [0.25, 0.3) is 11.5 Å². The van der Waals surface area contributed by atoms with E-state index >= 15 is 0 Å². The SMILES string of the molecule is COc1cc(C=c2sc(=C(C#N)C(=O)Nc3ccccc3F)n(Cc3ccc4c(c3)OCO4)c2=O)cc(OC)c1OC. The fraction of sp³-hybridized carbons (Fsp3) is 0.167. The van der Waals surface area contributed by atoms with Crippen molar-refractivity contribution in [3.05, 3.63) is 91.1 Å². The summed E-state index contributed by atoms with van der Waals surface area (Å²) >= 11 is 0.950. The molecule has 42 heavy (non-hydrogen) atoms. The summed E-state index contributed by atoms with van der Waals surface area (Å²) < 4.78 is 43.0. The minimum absolute atomic E-state index is 0.0164. The number of thiazole rings is 1. The predicted octanol–water partition coefficient (Wildman–Crippen LogP) is 2.99. The van der Waals surface area contributed by atoms with Crippen LogP contribution in [-0.4, -0.2) is 38.6 Å². The molecule has 1 amide bonds. The summed E-state index contributed by atoms with van der Waals surface area (Å²) in [6, 6.07) is 16.0. The number of para-hydroxylation sites is 1. The van der Waals surface area contributed by atoms with Crippen LogP contribution in [0, 0.1) is 17.1 Å². The van der Waals surface area contributed by atoms with Crippen LogP contribution >= 0.6 is 11.3 Å². The zero-order valence-corrected chi connectivity index (χ0v) is 23.5. The molecule has 12 heteroatoms. The summed E-state index contributed by atoms with van der Waals surface area (Å²) in [6.45, 7) is 0.0987. The molecule has 0 bridgehead atoms. The minimum Gasteiger partial charge on any atom is -0.493 e. The van der Waals surface area contributed by atoms with Crippen molar-refractivity contribution in [2.75, 3.05) is 33.4 Å². The van der Waals surface area contributed by atoms with Crippen LogP contribution in [0.25, 0.3) is 11.6 Å². The summed E-state index contributed by atoms with van der Waals surface area (Å²) in [6.07, 6.45) is 1.60. The van der Waals surface area contributed by atoms with Crippen molar-refractivity contribution in [3.63, 3.8) is 0 Å². The van der Waals surface area contributed by atoms with E-state index in [0.29, 0.717) is 39.9 Å². The van der Waals surface area contributed by atoms with Crippen LogP contribution in [0.2, 0.25) is 0 Å². The maximum Gasteiger partial charge on any atom is 0.269 e. The number of ether oxygens (including phenoxy) is 5. The number of nitrogens with zero attached hydrogens (tertiary/aromatic N) is 2. The van der Waals surface area contributed by atoms with Gasteiger partial charge in [-0.25, -0.2) is 4.39 Å². The summed E-state index contributed by atoms with van der Waals surface area (Å²) in [7, 11) is 4.44. The number of anilines is 1. The molecule has 1 aromatic heterocycles. The lowest BCUT2D eigenvalue weighted by Gasteiger charge is -2.12. The maximum atomic E-state index is 14.3. The first kappa shape index (κ1) is 28.3. The standard InChI is InChI=1S/C30H24FN3O7S/c1-37-24-11-18(12-25(38-2)27(24)39-3)13-26-29(36)34(15-17-8-9-22-23(10-17)41-16-40-22)30(42-26)19(14-32)28(35)33-21-7-5-4-6-20(21)31/h4-13H,15-16H2,1-3H3,(H,33,35). The Morgan fingerprint density at radius 1 is 1.07 bits per heavy atom. The van der Waals surface area contributed by atoms with Crippen LogP contribution in [0.15, 0.2) is 59.4 Å². The van der Waals surface area contributed by atoms with Gasteiger partial charge in [0, 0.05) is 0 Å². The molecule has 3 aromatic carbocycles. The number of carbonyl (C=O) groups excluding carboxylic acids is 1. The van der Waals surface area contributed by atoms with Gasteiger partial charge in [-0.3, -0.25) is 14.2 Å². The Balaban J connectivity index is 1.69. The second kappa shape index (κ2) is 12.1. The fourth-order valence-electron chi connectivity index (χ4n) is 4.35. The van der Waals surface area contributed by atoms with Crippen LogP contribution in [0.4, 0.5) is 10.1 Å². The molecule has 2 heterocycles. The van der Waals surface area contributed by atoms with Gasteiger partial charge in [-0.05, 0) is 53.6 Å². The van der Waals surface area contributed by atoms with E-state index in [4.69, 9.17) is 23.7 Å². The van der Waals surface area contributed by atoms with Crippen LogP contribution in [0.3, 0.4) is 0 Å². The lowest BCUT2D eigenvalue weighted by Crippen LogP contribution is -2.34. The second-order valence-corrected chi connectivity index (χ2v) is 9.90. The van der Waals surface area contributed by atoms with Crippen LogP contribution in [-0.2, 0) is 11.3 Å². The van der Waals surface area contributed by atoms with Gasteiger partial charge >= 0.3 is 0 Å². The van der Waals surface area contributed by atoms with E-state index in [9.17, 15) is 19.2 Å². The maximum absolute atomic E-state index is 14.3. The number of hydrogen-bond acceptors (Lipinski definition) is 9. The Labute approximate surface area is 243 Å². The molecule has 5 rings (SSSR count). The highest BCUT2D eigenvalue weighted by Crippen LogP contribution is 2.38. The van der Waals surface area contributed by atoms with Gasteiger partial charge in [-0.2, -0.15) is 5.26 Å². The van der Waals surface area contributed by atoms with Gasteiger partial charge in [-0.1, -0.05) is 18.2 Å². The monoisotopic (exact) mass is 589 g/mol.